The van der Waals surface area contributed by atoms with Gasteiger partial charge >= 0.3 is 12.1 Å². The van der Waals surface area contributed by atoms with Crippen LogP contribution >= 0.6 is 0 Å². The number of cyclic esters (lactones) is 1. The van der Waals surface area contributed by atoms with E-state index in [-0.39, 0.29) is 18.6 Å². The van der Waals surface area contributed by atoms with E-state index >= 15 is 0 Å². The summed E-state index contributed by atoms with van der Waals surface area (Å²) < 4.78 is 10.0. The van der Waals surface area contributed by atoms with Crippen LogP contribution in [0.4, 0.5) is 4.79 Å². The van der Waals surface area contributed by atoms with E-state index in [1.54, 1.807) is 0 Å². The second-order valence-corrected chi connectivity index (χ2v) is 4.83. The van der Waals surface area contributed by atoms with Crippen LogP contribution in [0.2, 0.25) is 0 Å². The van der Waals surface area contributed by atoms with Crippen molar-refractivity contribution in [2.45, 2.75) is 32.6 Å². The molecule has 102 valence electrons. The summed E-state index contributed by atoms with van der Waals surface area (Å²) in [6.07, 6.45) is -0.868. The van der Waals surface area contributed by atoms with E-state index in [0.717, 1.165) is 5.56 Å². The molecule has 1 aromatic rings. The summed E-state index contributed by atoms with van der Waals surface area (Å²) in [4.78, 5) is 22.9. The van der Waals surface area contributed by atoms with E-state index in [1.165, 1.54) is 0 Å². The highest BCUT2D eigenvalue weighted by atomic mass is 16.6. The van der Waals surface area contributed by atoms with E-state index in [2.05, 4.69) is 5.32 Å². The molecule has 19 heavy (non-hydrogen) atoms. The topological polar surface area (TPSA) is 64.6 Å². The van der Waals surface area contributed by atoms with Gasteiger partial charge in [0.15, 0.2) is 6.04 Å². The molecule has 5 nitrogen and oxygen atoms in total. The number of rotatable bonds is 4. The Morgan fingerprint density at radius 1 is 1.37 bits per heavy atom. The van der Waals surface area contributed by atoms with Gasteiger partial charge in [-0.2, -0.15) is 0 Å². The molecule has 0 saturated carbocycles. The number of benzene rings is 1. The number of nitrogens with one attached hydrogen (secondary N) is 1. The maximum absolute atomic E-state index is 11.6. The number of carbonyl (C=O) groups excluding carboxylic acids is 2. The Kier molecular flexibility index (Phi) is 4.04. The number of amides is 1. The summed E-state index contributed by atoms with van der Waals surface area (Å²) in [5, 5.41) is 2.53. The van der Waals surface area contributed by atoms with Crippen LogP contribution < -0.4 is 5.32 Å². The Morgan fingerprint density at radius 3 is 2.63 bits per heavy atom. The average molecular weight is 263 g/mol. The zero-order valence-corrected chi connectivity index (χ0v) is 11.0. The van der Waals surface area contributed by atoms with Gasteiger partial charge < -0.3 is 14.8 Å². The maximum atomic E-state index is 11.6. The van der Waals surface area contributed by atoms with E-state index in [1.807, 2.05) is 44.2 Å². The van der Waals surface area contributed by atoms with Crippen LogP contribution in [0.1, 0.15) is 19.4 Å². The molecule has 1 aliphatic rings. The summed E-state index contributed by atoms with van der Waals surface area (Å²) in [5.41, 5.74) is 0.897. The minimum atomic E-state index is -0.601. The first kappa shape index (κ1) is 13.4. The third-order valence-electron chi connectivity index (χ3n) is 2.98. The Morgan fingerprint density at radius 2 is 2.05 bits per heavy atom. The molecule has 1 amide bonds. The second kappa shape index (κ2) is 5.73. The van der Waals surface area contributed by atoms with E-state index < -0.39 is 18.1 Å². The first-order chi connectivity index (χ1) is 9.08. The van der Waals surface area contributed by atoms with Gasteiger partial charge in [-0.15, -0.1) is 0 Å². The Labute approximate surface area is 111 Å². The van der Waals surface area contributed by atoms with Crippen molar-refractivity contribution in [3.63, 3.8) is 0 Å². The lowest BCUT2D eigenvalue weighted by Crippen LogP contribution is -2.61. The highest BCUT2D eigenvalue weighted by molar-refractivity contribution is 5.86. The molecule has 0 aliphatic carbocycles. The van der Waals surface area contributed by atoms with Crippen molar-refractivity contribution in [2.24, 2.45) is 5.92 Å². The molecule has 0 aromatic heterocycles. The van der Waals surface area contributed by atoms with Gasteiger partial charge in [0.05, 0.1) is 0 Å². The summed E-state index contributed by atoms with van der Waals surface area (Å²) in [7, 11) is 0. The number of carbonyl (C=O) groups is 2. The molecule has 1 N–H and O–H groups in total. The summed E-state index contributed by atoms with van der Waals surface area (Å²) >= 11 is 0. The van der Waals surface area contributed by atoms with Crippen molar-refractivity contribution in [1.82, 2.24) is 5.32 Å². The lowest BCUT2D eigenvalue weighted by atomic mass is 9.95. The molecular formula is C14H17NO4. The standard InChI is InChI=1S/C14H17NO4/c1-9(2)12-11(13(16)19-12)15-14(17)18-8-10-6-4-3-5-7-10/h3-7,9,11-12H,8H2,1-2H3,(H,15,17)/t11-,12+/m1/s1. The molecular weight excluding hydrogens is 246 g/mol. The zero-order valence-electron chi connectivity index (χ0n) is 11.0. The zero-order chi connectivity index (χ0) is 13.8. The van der Waals surface area contributed by atoms with Crippen LogP contribution in [0.25, 0.3) is 0 Å². The predicted octanol–water partition coefficient (Wildman–Crippen LogP) is 1.86. The van der Waals surface area contributed by atoms with Crippen molar-refractivity contribution in [1.29, 1.82) is 0 Å². The molecule has 0 spiro atoms. The fourth-order valence-electron chi connectivity index (χ4n) is 1.89. The number of ether oxygens (including phenoxy) is 2. The molecule has 0 radical (unpaired) electrons. The minimum absolute atomic E-state index is 0.164. The van der Waals surface area contributed by atoms with Gasteiger partial charge in [0.2, 0.25) is 0 Å². The molecule has 1 fully saturated rings. The molecule has 1 saturated heterocycles. The van der Waals surface area contributed by atoms with E-state index in [9.17, 15) is 9.59 Å². The van der Waals surface area contributed by atoms with Crippen molar-refractivity contribution in [2.75, 3.05) is 0 Å². The number of hydrogen-bond acceptors (Lipinski definition) is 4. The molecule has 0 bridgehead atoms. The SMILES string of the molecule is CC(C)[C@@H]1OC(=O)[C@@H]1NC(=O)OCc1ccccc1. The highest BCUT2D eigenvalue weighted by Gasteiger charge is 2.45. The van der Waals surface area contributed by atoms with Crippen LogP contribution in [0.3, 0.4) is 0 Å². The molecule has 2 rings (SSSR count). The third-order valence-corrected chi connectivity index (χ3v) is 2.98. The Hall–Kier alpha value is -2.04. The van der Waals surface area contributed by atoms with Gasteiger partial charge in [-0.1, -0.05) is 44.2 Å². The largest absolute Gasteiger partial charge is 0.458 e. The number of hydrogen-bond donors (Lipinski definition) is 1. The monoisotopic (exact) mass is 263 g/mol. The van der Waals surface area contributed by atoms with Crippen LogP contribution in [-0.4, -0.2) is 24.2 Å². The smallest absolute Gasteiger partial charge is 0.408 e. The molecule has 1 heterocycles. The average Bonchev–Trinajstić information content (AvgIpc) is 2.40. The third kappa shape index (κ3) is 3.24. The number of esters is 1. The van der Waals surface area contributed by atoms with Crippen molar-refractivity contribution < 1.29 is 19.1 Å². The number of alkyl carbamates (subject to hydrolysis) is 1. The first-order valence-corrected chi connectivity index (χ1v) is 6.25. The van der Waals surface area contributed by atoms with Gasteiger partial charge in [-0.3, -0.25) is 0 Å². The van der Waals surface area contributed by atoms with E-state index in [4.69, 9.17) is 9.47 Å². The van der Waals surface area contributed by atoms with Crippen LogP contribution in [-0.2, 0) is 20.9 Å². The lowest BCUT2D eigenvalue weighted by Gasteiger charge is -2.37. The van der Waals surface area contributed by atoms with Crippen molar-refractivity contribution in [3.8, 4) is 0 Å². The molecule has 1 aromatic carbocycles. The quantitative estimate of drug-likeness (QED) is 0.842. The first-order valence-electron chi connectivity index (χ1n) is 6.25. The second-order valence-electron chi connectivity index (χ2n) is 4.83. The molecule has 0 unspecified atom stereocenters. The Bertz CT molecular complexity index is 458. The van der Waals surface area contributed by atoms with Gasteiger partial charge in [0, 0.05) is 0 Å². The van der Waals surface area contributed by atoms with Crippen LogP contribution in [0.5, 0.6) is 0 Å². The summed E-state index contributed by atoms with van der Waals surface area (Å²) in [6.45, 7) is 4.04. The van der Waals surface area contributed by atoms with Crippen molar-refractivity contribution in [3.05, 3.63) is 35.9 Å². The maximum Gasteiger partial charge on any atom is 0.408 e. The van der Waals surface area contributed by atoms with Gasteiger partial charge in [0.25, 0.3) is 0 Å². The molecule has 2 atom stereocenters. The molecule has 5 heteroatoms. The summed E-state index contributed by atoms with van der Waals surface area (Å²) in [5.74, 6) is -0.243. The normalized spacial score (nSPS) is 21.5. The van der Waals surface area contributed by atoms with Gasteiger partial charge in [-0.05, 0) is 11.5 Å². The molecule has 1 aliphatic heterocycles. The van der Waals surface area contributed by atoms with Crippen LogP contribution in [0.15, 0.2) is 30.3 Å². The fraction of sp³-hybridized carbons (Fsp3) is 0.429. The predicted molar refractivity (Wildman–Crippen MR) is 68.3 cm³/mol. The summed E-state index contributed by atoms with van der Waals surface area (Å²) in [6, 6.07) is 8.76. The Balaban J connectivity index is 1.80. The van der Waals surface area contributed by atoms with Crippen LogP contribution in [0, 0.1) is 5.92 Å². The van der Waals surface area contributed by atoms with Gasteiger partial charge in [-0.25, -0.2) is 9.59 Å². The fourth-order valence-corrected chi connectivity index (χ4v) is 1.89. The van der Waals surface area contributed by atoms with Gasteiger partial charge in [0.1, 0.15) is 12.7 Å². The highest BCUT2D eigenvalue weighted by Crippen LogP contribution is 2.22. The van der Waals surface area contributed by atoms with E-state index in [0.29, 0.717) is 0 Å². The minimum Gasteiger partial charge on any atom is -0.458 e. The lowest BCUT2D eigenvalue weighted by molar-refractivity contribution is -0.181. The van der Waals surface area contributed by atoms with Crippen molar-refractivity contribution >= 4 is 12.1 Å².